The molecule has 0 radical (unpaired) electrons. The van der Waals surface area contributed by atoms with Gasteiger partial charge in [-0.15, -0.1) is 0 Å². The predicted molar refractivity (Wildman–Crippen MR) is 112 cm³/mol. The quantitative estimate of drug-likeness (QED) is 0.652. The van der Waals surface area contributed by atoms with E-state index in [-0.39, 0.29) is 17.9 Å². The molecule has 8 nitrogen and oxygen atoms in total. The summed E-state index contributed by atoms with van der Waals surface area (Å²) in [5, 5.41) is 6.98. The van der Waals surface area contributed by atoms with Gasteiger partial charge in [0.15, 0.2) is 0 Å². The van der Waals surface area contributed by atoms with Crippen LogP contribution in [0.3, 0.4) is 0 Å². The lowest BCUT2D eigenvalue weighted by molar-refractivity contribution is 0.0697. The van der Waals surface area contributed by atoms with Crippen molar-refractivity contribution in [3.8, 4) is 5.75 Å². The number of nitrogens with one attached hydrogen (secondary N) is 1. The Hall–Kier alpha value is -3.55. The van der Waals surface area contributed by atoms with Crippen molar-refractivity contribution in [1.82, 2.24) is 15.4 Å². The van der Waals surface area contributed by atoms with E-state index in [1.165, 1.54) is 12.5 Å². The Morgan fingerprint density at radius 1 is 1.13 bits per heavy atom. The molecular weight excluding hydrogens is 398 g/mol. The summed E-state index contributed by atoms with van der Waals surface area (Å²) in [6.07, 6.45) is 4.38. The van der Waals surface area contributed by atoms with Crippen molar-refractivity contribution in [2.75, 3.05) is 13.1 Å². The smallest absolute Gasteiger partial charge is 0.257 e. The van der Waals surface area contributed by atoms with Crippen molar-refractivity contribution in [2.24, 2.45) is 0 Å². The number of hydrogen-bond donors (Lipinski definition) is 1. The molecule has 1 aliphatic rings. The van der Waals surface area contributed by atoms with Gasteiger partial charge in [-0.1, -0.05) is 5.16 Å². The molecular formula is C23H25N3O5. The first-order valence-electron chi connectivity index (χ1n) is 10.3. The molecule has 1 aliphatic heterocycles. The van der Waals surface area contributed by atoms with Gasteiger partial charge in [0, 0.05) is 24.7 Å². The van der Waals surface area contributed by atoms with Gasteiger partial charge in [-0.3, -0.25) is 9.59 Å². The fraction of sp³-hybridized carbons (Fsp3) is 0.348. The number of carbonyl (C=O) groups is 2. The van der Waals surface area contributed by atoms with Crippen LogP contribution < -0.4 is 10.1 Å². The predicted octanol–water partition coefficient (Wildman–Crippen LogP) is 3.50. The number of furan rings is 1. The number of rotatable bonds is 6. The number of aromatic nitrogens is 1. The molecule has 2 aromatic heterocycles. The van der Waals surface area contributed by atoms with Gasteiger partial charge in [-0.25, -0.2) is 0 Å². The second-order valence-corrected chi connectivity index (χ2v) is 7.67. The van der Waals surface area contributed by atoms with Crippen molar-refractivity contribution < 1.29 is 23.3 Å². The molecule has 1 saturated heterocycles. The number of aryl methyl sites for hydroxylation is 2. The summed E-state index contributed by atoms with van der Waals surface area (Å²) in [6, 6.07) is 8.75. The Morgan fingerprint density at radius 2 is 1.87 bits per heavy atom. The van der Waals surface area contributed by atoms with E-state index in [0.29, 0.717) is 49.4 Å². The number of amides is 2. The highest BCUT2D eigenvalue weighted by atomic mass is 16.5. The first-order chi connectivity index (χ1) is 15.0. The van der Waals surface area contributed by atoms with Gasteiger partial charge in [0.05, 0.1) is 23.1 Å². The summed E-state index contributed by atoms with van der Waals surface area (Å²) in [7, 11) is 0. The first kappa shape index (κ1) is 20.7. The lowest BCUT2D eigenvalue weighted by Gasteiger charge is -2.32. The second kappa shape index (κ2) is 9.07. The molecule has 3 heterocycles. The van der Waals surface area contributed by atoms with E-state index in [1.807, 2.05) is 13.8 Å². The highest BCUT2D eigenvalue weighted by Gasteiger charge is 2.25. The molecule has 2 amide bonds. The molecule has 0 aliphatic carbocycles. The van der Waals surface area contributed by atoms with Crippen LogP contribution in [0.4, 0.5) is 0 Å². The Bertz CT molecular complexity index is 1010. The van der Waals surface area contributed by atoms with Crippen LogP contribution in [0.2, 0.25) is 0 Å². The summed E-state index contributed by atoms with van der Waals surface area (Å²) in [6.45, 7) is 5.29. The van der Waals surface area contributed by atoms with Crippen LogP contribution in [0.25, 0.3) is 0 Å². The highest BCUT2D eigenvalue weighted by molar-refractivity contribution is 5.95. The number of nitrogens with zero attached hydrogens (tertiary/aromatic N) is 2. The highest BCUT2D eigenvalue weighted by Crippen LogP contribution is 2.19. The topological polar surface area (TPSA) is 97.8 Å². The standard InChI is InChI=1S/C23H25N3O5/c1-15-21(16(2)31-25-15)14-30-20-5-3-17(4-6-20)22(27)24-19-7-10-26(11-8-19)23(28)18-9-12-29-13-18/h3-6,9,12-13,19H,7-8,10-11,14H2,1-2H3,(H,24,27). The molecule has 1 aromatic carbocycles. The molecule has 162 valence electrons. The van der Waals surface area contributed by atoms with Crippen LogP contribution in [0.1, 0.15) is 50.6 Å². The average Bonchev–Trinajstić information content (AvgIpc) is 3.43. The summed E-state index contributed by atoms with van der Waals surface area (Å²) in [5.41, 5.74) is 2.87. The maximum absolute atomic E-state index is 12.6. The van der Waals surface area contributed by atoms with Gasteiger partial charge in [-0.2, -0.15) is 0 Å². The molecule has 0 spiro atoms. The van der Waals surface area contributed by atoms with E-state index in [0.717, 1.165) is 17.0 Å². The fourth-order valence-corrected chi connectivity index (χ4v) is 3.63. The minimum atomic E-state index is -0.128. The SMILES string of the molecule is Cc1noc(C)c1COc1ccc(C(=O)NC2CCN(C(=O)c3ccoc3)CC2)cc1. The van der Waals surface area contributed by atoms with Crippen LogP contribution in [0, 0.1) is 13.8 Å². The van der Waals surface area contributed by atoms with E-state index in [1.54, 1.807) is 35.2 Å². The van der Waals surface area contributed by atoms with Crippen LogP contribution in [0.5, 0.6) is 5.75 Å². The van der Waals surface area contributed by atoms with Crippen molar-refractivity contribution in [3.05, 3.63) is 71.0 Å². The molecule has 1 N–H and O–H groups in total. The number of hydrogen-bond acceptors (Lipinski definition) is 6. The average molecular weight is 423 g/mol. The second-order valence-electron chi connectivity index (χ2n) is 7.67. The molecule has 8 heteroatoms. The van der Waals surface area contributed by atoms with E-state index in [4.69, 9.17) is 13.7 Å². The number of piperidine rings is 1. The summed E-state index contributed by atoms with van der Waals surface area (Å²) in [4.78, 5) is 26.8. The largest absolute Gasteiger partial charge is 0.489 e. The van der Waals surface area contributed by atoms with E-state index in [9.17, 15) is 9.59 Å². The molecule has 1 fully saturated rings. The fourth-order valence-electron chi connectivity index (χ4n) is 3.63. The number of benzene rings is 1. The minimum absolute atomic E-state index is 0.0364. The summed E-state index contributed by atoms with van der Waals surface area (Å²) < 4.78 is 15.9. The van der Waals surface area contributed by atoms with Crippen LogP contribution in [-0.2, 0) is 6.61 Å². The third kappa shape index (κ3) is 4.79. The number of ether oxygens (including phenoxy) is 1. The zero-order valence-electron chi connectivity index (χ0n) is 17.6. The number of likely N-dealkylation sites (tertiary alicyclic amines) is 1. The Kier molecular flexibility index (Phi) is 6.06. The normalized spacial score (nSPS) is 14.5. The molecule has 0 atom stereocenters. The van der Waals surface area contributed by atoms with E-state index < -0.39 is 0 Å². The van der Waals surface area contributed by atoms with Crippen LogP contribution in [-0.4, -0.2) is 41.0 Å². The Morgan fingerprint density at radius 3 is 2.48 bits per heavy atom. The van der Waals surface area contributed by atoms with Crippen molar-refractivity contribution in [3.63, 3.8) is 0 Å². The Labute approximate surface area is 180 Å². The molecule has 31 heavy (non-hydrogen) atoms. The molecule has 0 saturated carbocycles. The zero-order valence-corrected chi connectivity index (χ0v) is 17.6. The molecule has 3 aromatic rings. The zero-order chi connectivity index (χ0) is 21.8. The molecule has 4 rings (SSSR count). The molecule has 0 unspecified atom stereocenters. The maximum atomic E-state index is 12.6. The van der Waals surface area contributed by atoms with Crippen LogP contribution >= 0.6 is 0 Å². The molecule has 0 bridgehead atoms. The monoisotopic (exact) mass is 423 g/mol. The van der Waals surface area contributed by atoms with Gasteiger partial charge < -0.3 is 23.9 Å². The van der Waals surface area contributed by atoms with Crippen molar-refractivity contribution >= 4 is 11.8 Å². The van der Waals surface area contributed by atoms with E-state index >= 15 is 0 Å². The first-order valence-corrected chi connectivity index (χ1v) is 10.3. The Balaban J connectivity index is 1.26. The summed E-state index contributed by atoms with van der Waals surface area (Å²) >= 11 is 0. The van der Waals surface area contributed by atoms with Gasteiger partial charge in [-0.05, 0) is 57.0 Å². The van der Waals surface area contributed by atoms with Crippen molar-refractivity contribution in [1.29, 1.82) is 0 Å². The van der Waals surface area contributed by atoms with Gasteiger partial charge in [0.1, 0.15) is 24.4 Å². The van der Waals surface area contributed by atoms with Crippen LogP contribution in [0.15, 0.2) is 51.8 Å². The third-order valence-corrected chi connectivity index (χ3v) is 5.57. The third-order valence-electron chi connectivity index (χ3n) is 5.57. The number of carbonyl (C=O) groups excluding carboxylic acids is 2. The van der Waals surface area contributed by atoms with Gasteiger partial charge >= 0.3 is 0 Å². The van der Waals surface area contributed by atoms with Gasteiger partial charge in [0.2, 0.25) is 0 Å². The van der Waals surface area contributed by atoms with Crippen molar-refractivity contribution in [2.45, 2.75) is 39.3 Å². The lowest BCUT2D eigenvalue weighted by atomic mass is 10.0. The lowest BCUT2D eigenvalue weighted by Crippen LogP contribution is -2.46. The maximum Gasteiger partial charge on any atom is 0.257 e. The summed E-state index contributed by atoms with van der Waals surface area (Å²) in [5.74, 6) is 1.25. The van der Waals surface area contributed by atoms with E-state index in [2.05, 4.69) is 10.5 Å². The minimum Gasteiger partial charge on any atom is -0.489 e. The van der Waals surface area contributed by atoms with Gasteiger partial charge in [0.25, 0.3) is 11.8 Å².